The fourth-order valence-corrected chi connectivity index (χ4v) is 3.24. The molecule has 0 radical (unpaired) electrons. The van der Waals surface area contributed by atoms with Gasteiger partial charge in [0, 0.05) is 17.8 Å². The molecule has 0 saturated carbocycles. The van der Waals surface area contributed by atoms with Crippen LogP contribution in [0.25, 0.3) is 0 Å². The SMILES string of the molecule is O=C(CCNC(=O)c1ccoc1)N[C@@H](c1ccccc1)c1cccs1. The van der Waals surface area contributed by atoms with Gasteiger partial charge in [0.25, 0.3) is 5.91 Å². The molecular formula is C19H18N2O3S. The summed E-state index contributed by atoms with van der Waals surface area (Å²) in [6.45, 7) is 0.266. The predicted molar refractivity (Wildman–Crippen MR) is 96.4 cm³/mol. The molecule has 128 valence electrons. The summed E-state index contributed by atoms with van der Waals surface area (Å²) in [5.41, 5.74) is 1.47. The molecule has 5 nitrogen and oxygen atoms in total. The Labute approximate surface area is 149 Å². The molecule has 2 amide bonds. The number of rotatable bonds is 7. The summed E-state index contributed by atoms with van der Waals surface area (Å²) in [5.74, 6) is -0.367. The lowest BCUT2D eigenvalue weighted by Crippen LogP contribution is -2.33. The van der Waals surface area contributed by atoms with Crippen LogP contribution in [0.4, 0.5) is 0 Å². The molecule has 0 unspecified atom stereocenters. The maximum atomic E-state index is 12.3. The Kier molecular flexibility index (Phi) is 5.64. The largest absolute Gasteiger partial charge is 0.472 e. The third-order valence-electron chi connectivity index (χ3n) is 3.69. The van der Waals surface area contributed by atoms with Crippen molar-refractivity contribution in [1.82, 2.24) is 10.6 Å². The number of carbonyl (C=O) groups is 2. The first-order chi connectivity index (χ1) is 12.2. The van der Waals surface area contributed by atoms with Gasteiger partial charge in [0.1, 0.15) is 6.26 Å². The van der Waals surface area contributed by atoms with E-state index in [1.54, 1.807) is 17.4 Å². The molecule has 0 bridgehead atoms. The Balaban J connectivity index is 1.57. The van der Waals surface area contributed by atoms with Crippen molar-refractivity contribution in [1.29, 1.82) is 0 Å². The summed E-state index contributed by atoms with van der Waals surface area (Å²) < 4.78 is 4.87. The standard InChI is InChI=1S/C19H18N2O3S/c22-17(8-10-20-19(23)15-9-11-24-13-15)21-18(16-7-4-12-25-16)14-5-2-1-3-6-14/h1-7,9,11-13,18H,8,10H2,(H,20,23)(H,21,22)/t18-/m0/s1. The monoisotopic (exact) mass is 354 g/mol. The zero-order valence-corrected chi connectivity index (χ0v) is 14.3. The van der Waals surface area contributed by atoms with Gasteiger partial charge < -0.3 is 15.1 Å². The molecule has 0 spiro atoms. The lowest BCUT2D eigenvalue weighted by atomic mass is 10.1. The van der Waals surface area contributed by atoms with Crippen LogP contribution in [0.5, 0.6) is 0 Å². The molecule has 2 heterocycles. The predicted octanol–water partition coefficient (Wildman–Crippen LogP) is 3.37. The van der Waals surface area contributed by atoms with Crippen molar-refractivity contribution in [2.45, 2.75) is 12.5 Å². The normalized spacial score (nSPS) is 11.7. The van der Waals surface area contributed by atoms with Crippen molar-refractivity contribution in [3.8, 4) is 0 Å². The van der Waals surface area contributed by atoms with Gasteiger partial charge in [-0.3, -0.25) is 9.59 Å². The van der Waals surface area contributed by atoms with Crippen LogP contribution in [0.1, 0.15) is 33.3 Å². The van der Waals surface area contributed by atoms with E-state index in [2.05, 4.69) is 10.6 Å². The maximum absolute atomic E-state index is 12.3. The number of carbonyl (C=O) groups excluding carboxylic acids is 2. The van der Waals surface area contributed by atoms with Crippen LogP contribution < -0.4 is 10.6 Å². The van der Waals surface area contributed by atoms with E-state index in [-0.39, 0.29) is 30.8 Å². The lowest BCUT2D eigenvalue weighted by Gasteiger charge is -2.18. The van der Waals surface area contributed by atoms with Crippen molar-refractivity contribution < 1.29 is 14.0 Å². The van der Waals surface area contributed by atoms with Gasteiger partial charge in [0.2, 0.25) is 5.91 Å². The number of thiophene rings is 1. The molecule has 0 fully saturated rings. The third kappa shape index (κ3) is 4.58. The highest BCUT2D eigenvalue weighted by Crippen LogP contribution is 2.25. The van der Waals surface area contributed by atoms with Crippen LogP contribution >= 0.6 is 11.3 Å². The van der Waals surface area contributed by atoms with Crippen LogP contribution in [-0.4, -0.2) is 18.4 Å². The number of furan rings is 1. The van der Waals surface area contributed by atoms with Crippen molar-refractivity contribution in [3.63, 3.8) is 0 Å². The fourth-order valence-electron chi connectivity index (χ4n) is 2.44. The summed E-state index contributed by atoms with van der Waals surface area (Å²) >= 11 is 1.60. The Morgan fingerprint density at radius 2 is 1.92 bits per heavy atom. The van der Waals surface area contributed by atoms with Crippen LogP contribution in [-0.2, 0) is 4.79 Å². The molecule has 0 aliphatic rings. The average molecular weight is 354 g/mol. The van der Waals surface area contributed by atoms with Crippen molar-refractivity contribution >= 4 is 23.2 Å². The van der Waals surface area contributed by atoms with Crippen LogP contribution in [0.15, 0.2) is 70.9 Å². The molecule has 0 aliphatic carbocycles. The summed E-state index contributed by atoms with van der Waals surface area (Å²) in [6.07, 6.45) is 3.02. The van der Waals surface area contributed by atoms with E-state index < -0.39 is 0 Å². The Hall–Kier alpha value is -2.86. The highest BCUT2D eigenvalue weighted by Gasteiger charge is 2.17. The summed E-state index contributed by atoms with van der Waals surface area (Å²) in [7, 11) is 0. The molecule has 3 aromatic rings. The van der Waals surface area contributed by atoms with E-state index in [1.165, 1.54) is 12.5 Å². The molecular weight excluding hydrogens is 336 g/mol. The molecule has 1 atom stereocenters. The number of hydrogen-bond acceptors (Lipinski definition) is 4. The Bertz CT molecular complexity index is 799. The van der Waals surface area contributed by atoms with Gasteiger partial charge >= 0.3 is 0 Å². The van der Waals surface area contributed by atoms with Gasteiger partial charge in [-0.1, -0.05) is 36.4 Å². The topological polar surface area (TPSA) is 71.3 Å². The maximum Gasteiger partial charge on any atom is 0.254 e. The van der Waals surface area contributed by atoms with Crippen molar-refractivity contribution in [2.24, 2.45) is 0 Å². The highest BCUT2D eigenvalue weighted by molar-refractivity contribution is 7.10. The quantitative estimate of drug-likeness (QED) is 0.683. The van der Waals surface area contributed by atoms with Crippen molar-refractivity contribution in [3.05, 3.63) is 82.4 Å². The Morgan fingerprint density at radius 3 is 2.60 bits per heavy atom. The first kappa shape index (κ1) is 17.0. The lowest BCUT2D eigenvalue weighted by molar-refractivity contribution is -0.121. The number of amides is 2. The van der Waals surface area contributed by atoms with Crippen LogP contribution in [0, 0.1) is 0 Å². The minimum Gasteiger partial charge on any atom is -0.472 e. The number of benzene rings is 1. The minimum atomic E-state index is -0.251. The van der Waals surface area contributed by atoms with E-state index in [9.17, 15) is 9.59 Å². The van der Waals surface area contributed by atoms with E-state index >= 15 is 0 Å². The van der Waals surface area contributed by atoms with Gasteiger partial charge in [-0.15, -0.1) is 11.3 Å². The first-order valence-electron chi connectivity index (χ1n) is 7.92. The van der Waals surface area contributed by atoms with Gasteiger partial charge in [-0.25, -0.2) is 0 Å². The zero-order valence-electron chi connectivity index (χ0n) is 13.5. The fraction of sp³-hybridized carbons (Fsp3) is 0.158. The van der Waals surface area contributed by atoms with Gasteiger partial charge in [-0.05, 0) is 23.1 Å². The molecule has 2 aromatic heterocycles. The molecule has 3 rings (SSSR count). The smallest absolute Gasteiger partial charge is 0.254 e. The highest BCUT2D eigenvalue weighted by atomic mass is 32.1. The van der Waals surface area contributed by atoms with Gasteiger partial charge in [0.05, 0.1) is 17.9 Å². The van der Waals surface area contributed by atoms with Gasteiger partial charge in [-0.2, -0.15) is 0 Å². The van der Waals surface area contributed by atoms with Crippen molar-refractivity contribution in [2.75, 3.05) is 6.54 Å². The second kappa shape index (κ2) is 8.30. The second-order valence-corrected chi connectivity index (χ2v) is 6.42. The number of hydrogen-bond donors (Lipinski definition) is 2. The second-order valence-electron chi connectivity index (χ2n) is 5.44. The first-order valence-corrected chi connectivity index (χ1v) is 8.80. The van der Waals surface area contributed by atoms with E-state index in [0.717, 1.165) is 10.4 Å². The van der Waals surface area contributed by atoms with Crippen LogP contribution in [0.2, 0.25) is 0 Å². The van der Waals surface area contributed by atoms with Gasteiger partial charge in [0.15, 0.2) is 0 Å². The van der Waals surface area contributed by atoms with E-state index in [1.807, 2.05) is 47.8 Å². The van der Waals surface area contributed by atoms with E-state index in [4.69, 9.17) is 4.42 Å². The number of nitrogens with one attached hydrogen (secondary N) is 2. The zero-order chi connectivity index (χ0) is 17.5. The summed E-state index contributed by atoms with van der Waals surface area (Å²) in [5, 5.41) is 7.74. The molecule has 25 heavy (non-hydrogen) atoms. The van der Waals surface area contributed by atoms with Crippen LogP contribution in [0.3, 0.4) is 0 Å². The average Bonchev–Trinajstić information content (AvgIpc) is 3.34. The van der Waals surface area contributed by atoms with E-state index in [0.29, 0.717) is 5.56 Å². The molecule has 1 aromatic carbocycles. The summed E-state index contributed by atoms with van der Waals surface area (Å²) in [6, 6.07) is 15.2. The third-order valence-corrected chi connectivity index (χ3v) is 4.62. The minimum absolute atomic E-state index is 0.116. The molecule has 0 saturated heterocycles. The summed E-state index contributed by atoms with van der Waals surface area (Å²) in [4.78, 5) is 25.2. The molecule has 6 heteroatoms. The molecule has 0 aliphatic heterocycles. The Morgan fingerprint density at radius 1 is 1.08 bits per heavy atom. The molecule has 2 N–H and O–H groups in total.